The molecule has 0 fully saturated rings. The molecule has 4 nitrogen and oxygen atoms in total. The molecule has 0 aliphatic carbocycles. The Morgan fingerprint density at radius 3 is 2.38 bits per heavy atom. The first-order valence-electron chi connectivity index (χ1n) is 6.46. The highest BCUT2D eigenvalue weighted by atomic mass is 79.9. The van der Waals surface area contributed by atoms with Gasteiger partial charge in [0.05, 0.1) is 5.75 Å². The molecule has 0 aliphatic rings. The first-order valence-corrected chi connectivity index (χ1v) is 8.91. The van der Waals surface area contributed by atoms with Gasteiger partial charge in [-0.15, -0.1) is 0 Å². The minimum absolute atomic E-state index is 0.124. The van der Waals surface area contributed by atoms with Crippen molar-refractivity contribution >= 4 is 31.6 Å². The molecule has 0 bridgehead atoms. The third-order valence-electron chi connectivity index (χ3n) is 3.13. The van der Waals surface area contributed by atoms with Crippen LogP contribution in [0.4, 0.5) is 5.69 Å². The molecule has 1 unspecified atom stereocenters. The van der Waals surface area contributed by atoms with Gasteiger partial charge in [0.1, 0.15) is 0 Å². The zero-order valence-electron chi connectivity index (χ0n) is 11.6. The van der Waals surface area contributed by atoms with Crippen LogP contribution in [-0.4, -0.2) is 8.42 Å². The molecule has 0 aromatic heterocycles. The number of nitrogens with one attached hydrogen (secondary N) is 1. The quantitative estimate of drug-likeness (QED) is 0.795. The summed E-state index contributed by atoms with van der Waals surface area (Å²) in [5.41, 5.74) is 7.78. The molecule has 0 radical (unpaired) electrons. The van der Waals surface area contributed by atoms with E-state index in [4.69, 9.17) is 5.73 Å². The van der Waals surface area contributed by atoms with Crippen LogP contribution < -0.4 is 10.5 Å². The molecule has 2 aromatic rings. The van der Waals surface area contributed by atoms with Crippen molar-refractivity contribution in [3.8, 4) is 0 Å². The Bertz CT molecular complexity index is 715. The van der Waals surface area contributed by atoms with Crippen molar-refractivity contribution in [3.05, 3.63) is 64.1 Å². The summed E-state index contributed by atoms with van der Waals surface area (Å²) in [5.74, 6) is -0.124. The number of nitrogen functional groups attached to an aromatic ring is 1. The molecule has 0 heterocycles. The molecular formula is C15H17BrN2O2S. The van der Waals surface area contributed by atoms with Gasteiger partial charge in [0, 0.05) is 16.2 Å². The van der Waals surface area contributed by atoms with Gasteiger partial charge in [-0.25, -0.2) is 13.1 Å². The summed E-state index contributed by atoms with van der Waals surface area (Å²) < 4.78 is 28.1. The summed E-state index contributed by atoms with van der Waals surface area (Å²) >= 11 is 3.36. The fourth-order valence-electron chi connectivity index (χ4n) is 2.00. The van der Waals surface area contributed by atoms with Crippen LogP contribution in [0, 0.1) is 0 Å². The molecule has 2 aromatic carbocycles. The third-order valence-corrected chi connectivity index (χ3v) is 5.06. The largest absolute Gasteiger partial charge is 0.398 e. The third kappa shape index (κ3) is 4.56. The highest BCUT2D eigenvalue weighted by Crippen LogP contribution is 2.19. The maximum atomic E-state index is 12.2. The predicted octanol–water partition coefficient (Wildman–Crippen LogP) is 3.21. The van der Waals surface area contributed by atoms with Crippen LogP contribution in [0.5, 0.6) is 0 Å². The number of rotatable bonds is 5. The Morgan fingerprint density at radius 2 is 1.76 bits per heavy atom. The molecule has 1 atom stereocenters. The number of anilines is 1. The first kappa shape index (κ1) is 16.0. The van der Waals surface area contributed by atoms with Crippen LogP contribution in [0.25, 0.3) is 0 Å². The van der Waals surface area contributed by atoms with Crippen molar-refractivity contribution in [2.24, 2.45) is 0 Å². The van der Waals surface area contributed by atoms with E-state index in [9.17, 15) is 8.42 Å². The highest BCUT2D eigenvalue weighted by Gasteiger charge is 2.17. The van der Waals surface area contributed by atoms with Crippen LogP contribution in [-0.2, 0) is 15.8 Å². The van der Waals surface area contributed by atoms with E-state index in [0.29, 0.717) is 11.3 Å². The van der Waals surface area contributed by atoms with Gasteiger partial charge in [-0.2, -0.15) is 0 Å². The van der Waals surface area contributed by atoms with E-state index in [2.05, 4.69) is 20.7 Å². The van der Waals surface area contributed by atoms with E-state index in [1.807, 2.05) is 31.2 Å². The molecule has 3 N–H and O–H groups in total. The fraction of sp³-hybridized carbons (Fsp3) is 0.200. The smallest absolute Gasteiger partial charge is 0.216 e. The van der Waals surface area contributed by atoms with Crippen LogP contribution in [0.3, 0.4) is 0 Å². The Labute approximate surface area is 133 Å². The Morgan fingerprint density at radius 1 is 1.14 bits per heavy atom. The Hall–Kier alpha value is -1.37. The fourth-order valence-corrected chi connectivity index (χ4v) is 3.70. The van der Waals surface area contributed by atoms with Crippen molar-refractivity contribution in [3.63, 3.8) is 0 Å². The molecule has 0 amide bonds. The van der Waals surface area contributed by atoms with Gasteiger partial charge < -0.3 is 5.73 Å². The normalized spacial score (nSPS) is 13.0. The molecule has 21 heavy (non-hydrogen) atoms. The van der Waals surface area contributed by atoms with E-state index >= 15 is 0 Å². The molecule has 0 saturated carbocycles. The number of hydrogen-bond acceptors (Lipinski definition) is 3. The maximum Gasteiger partial charge on any atom is 0.216 e. The van der Waals surface area contributed by atoms with Gasteiger partial charge in [0.2, 0.25) is 10.0 Å². The van der Waals surface area contributed by atoms with E-state index < -0.39 is 10.0 Å². The molecule has 0 aliphatic heterocycles. The lowest BCUT2D eigenvalue weighted by Gasteiger charge is -2.15. The average molecular weight is 369 g/mol. The lowest BCUT2D eigenvalue weighted by molar-refractivity contribution is 0.566. The summed E-state index contributed by atoms with van der Waals surface area (Å²) in [6.45, 7) is 1.81. The first-order chi connectivity index (χ1) is 9.87. The van der Waals surface area contributed by atoms with E-state index in [1.165, 1.54) is 0 Å². The number of hydrogen-bond donors (Lipinski definition) is 2. The molecule has 6 heteroatoms. The Balaban J connectivity index is 2.10. The molecular weight excluding hydrogens is 352 g/mol. The van der Waals surface area contributed by atoms with Gasteiger partial charge in [0.15, 0.2) is 0 Å². The summed E-state index contributed by atoms with van der Waals surface area (Å²) in [6.07, 6.45) is 0. The van der Waals surface area contributed by atoms with Crippen molar-refractivity contribution in [1.82, 2.24) is 4.72 Å². The van der Waals surface area contributed by atoms with Crippen molar-refractivity contribution in [2.75, 3.05) is 5.73 Å². The molecule has 0 saturated heterocycles. The number of sulfonamides is 1. The van der Waals surface area contributed by atoms with Crippen LogP contribution in [0.1, 0.15) is 24.1 Å². The summed E-state index contributed by atoms with van der Waals surface area (Å²) in [6, 6.07) is 14.2. The number of nitrogens with two attached hydrogens (primary N) is 1. The monoisotopic (exact) mass is 368 g/mol. The van der Waals surface area contributed by atoms with Gasteiger partial charge in [0.25, 0.3) is 0 Å². The molecule has 2 rings (SSSR count). The van der Waals surface area contributed by atoms with E-state index in [1.54, 1.807) is 24.3 Å². The maximum absolute atomic E-state index is 12.2. The zero-order valence-corrected chi connectivity index (χ0v) is 14.0. The topological polar surface area (TPSA) is 72.2 Å². The van der Waals surface area contributed by atoms with E-state index in [0.717, 1.165) is 10.0 Å². The number of benzene rings is 2. The van der Waals surface area contributed by atoms with Crippen molar-refractivity contribution in [2.45, 2.75) is 18.7 Å². The molecule has 0 spiro atoms. The van der Waals surface area contributed by atoms with Crippen molar-refractivity contribution < 1.29 is 8.42 Å². The van der Waals surface area contributed by atoms with Crippen molar-refractivity contribution in [1.29, 1.82) is 0 Å². The van der Waals surface area contributed by atoms with Crippen LogP contribution in [0.2, 0.25) is 0 Å². The summed E-state index contributed by atoms with van der Waals surface area (Å²) in [7, 11) is -3.46. The summed E-state index contributed by atoms with van der Waals surface area (Å²) in [4.78, 5) is 0. The second-order valence-corrected chi connectivity index (χ2v) is 7.52. The second kappa shape index (κ2) is 6.60. The van der Waals surface area contributed by atoms with Crippen LogP contribution >= 0.6 is 15.9 Å². The van der Waals surface area contributed by atoms with Gasteiger partial charge in [-0.05, 0) is 36.2 Å². The lowest BCUT2D eigenvalue weighted by Crippen LogP contribution is -2.28. The zero-order chi connectivity index (χ0) is 15.5. The highest BCUT2D eigenvalue weighted by molar-refractivity contribution is 9.10. The number of para-hydroxylation sites is 1. The minimum atomic E-state index is -3.46. The predicted molar refractivity (Wildman–Crippen MR) is 89.2 cm³/mol. The van der Waals surface area contributed by atoms with Gasteiger partial charge in [-0.1, -0.05) is 46.3 Å². The minimum Gasteiger partial charge on any atom is -0.398 e. The van der Waals surface area contributed by atoms with E-state index in [-0.39, 0.29) is 11.8 Å². The summed E-state index contributed by atoms with van der Waals surface area (Å²) in [5, 5.41) is 0. The molecule has 112 valence electrons. The SMILES string of the molecule is CC(NS(=O)(=O)Cc1ccccc1N)c1ccc(Br)cc1. The van der Waals surface area contributed by atoms with Gasteiger partial charge in [-0.3, -0.25) is 0 Å². The standard InChI is InChI=1S/C15H17BrN2O2S/c1-11(12-6-8-14(16)9-7-12)18-21(19,20)10-13-4-2-3-5-15(13)17/h2-9,11,18H,10,17H2,1H3. The van der Waals surface area contributed by atoms with Crippen LogP contribution in [0.15, 0.2) is 53.0 Å². The Kier molecular flexibility index (Phi) is 5.03. The average Bonchev–Trinajstić information content (AvgIpc) is 2.41. The van der Waals surface area contributed by atoms with Gasteiger partial charge >= 0.3 is 0 Å². The lowest BCUT2D eigenvalue weighted by atomic mass is 10.1. The second-order valence-electron chi connectivity index (χ2n) is 4.85. The number of halogens is 1.